The lowest BCUT2D eigenvalue weighted by Gasteiger charge is -2.17. The summed E-state index contributed by atoms with van der Waals surface area (Å²) in [6.07, 6.45) is 2.66. The minimum absolute atomic E-state index is 0.0177. The van der Waals surface area contributed by atoms with Crippen LogP contribution in [-0.4, -0.2) is 42.5 Å². The van der Waals surface area contributed by atoms with E-state index in [4.69, 9.17) is 16.7 Å². The molecule has 1 aromatic rings. The van der Waals surface area contributed by atoms with E-state index in [1.54, 1.807) is 0 Å². The Hall–Kier alpha value is -0.470. The Morgan fingerprint density at radius 3 is 2.81 bits per heavy atom. The van der Waals surface area contributed by atoms with Crippen LogP contribution in [-0.2, 0) is 10.0 Å². The first-order chi connectivity index (χ1) is 7.52. The molecule has 0 aliphatic heterocycles. The largest absolute Gasteiger partial charge is 0.395 e. The molecule has 1 aromatic heterocycles. The molecule has 1 heterocycles. The van der Waals surface area contributed by atoms with Gasteiger partial charge in [-0.3, -0.25) is 0 Å². The molecule has 0 unspecified atom stereocenters. The Balaban J connectivity index is 3.02. The Morgan fingerprint density at radius 1 is 1.69 bits per heavy atom. The molecule has 0 radical (unpaired) electrons. The second-order valence-electron chi connectivity index (χ2n) is 2.81. The smallest absolute Gasteiger partial charge is 0.254 e. The van der Waals surface area contributed by atoms with Crippen LogP contribution >= 0.6 is 22.9 Å². The van der Waals surface area contributed by atoms with Gasteiger partial charge in [0.25, 0.3) is 10.0 Å². The van der Waals surface area contributed by atoms with Gasteiger partial charge >= 0.3 is 0 Å². The summed E-state index contributed by atoms with van der Waals surface area (Å²) in [5.41, 5.74) is 0. The monoisotopic (exact) mass is 282 g/mol. The lowest BCUT2D eigenvalue weighted by atomic mass is 10.6. The van der Waals surface area contributed by atoms with Crippen molar-refractivity contribution < 1.29 is 13.5 Å². The Labute approximate surface area is 103 Å². The van der Waals surface area contributed by atoms with Gasteiger partial charge < -0.3 is 5.11 Å². The maximum atomic E-state index is 12.0. The van der Waals surface area contributed by atoms with Crippen molar-refractivity contribution in [3.63, 3.8) is 0 Å². The van der Waals surface area contributed by atoms with Crippen LogP contribution in [0.15, 0.2) is 23.1 Å². The molecule has 0 amide bonds. The zero-order chi connectivity index (χ0) is 12.2. The van der Waals surface area contributed by atoms with E-state index in [0.717, 1.165) is 15.6 Å². The third-order valence-corrected chi connectivity index (χ3v) is 5.15. The minimum Gasteiger partial charge on any atom is -0.395 e. The summed E-state index contributed by atoms with van der Waals surface area (Å²) < 4.78 is 25.4. The summed E-state index contributed by atoms with van der Waals surface area (Å²) >= 11 is 6.46. The number of hydrogen-bond donors (Lipinski definition) is 1. The fourth-order valence-electron chi connectivity index (χ4n) is 1.05. The molecule has 8 heteroatoms. The molecule has 0 saturated heterocycles. The molecule has 0 aliphatic carbocycles. The zero-order valence-electron chi connectivity index (χ0n) is 8.34. The lowest BCUT2D eigenvalue weighted by Crippen LogP contribution is -2.33. The summed E-state index contributed by atoms with van der Waals surface area (Å²) in [5.74, 6) is 0. The van der Waals surface area contributed by atoms with Crippen molar-refractivity contribution in [2.75, 3.05) is 19.7 Å². The molecule has 0 fully saturated rings. The first-order valence-corrected chi connectivity index (χ1v) is 6.99. The predicted octanol–water partition coefficient (Wildman–Crippen LogP) is 0.965. The van der Waals surface area contributed by atoms with Crippen molar-refractivity contribution in [3.8, 4) is 0 Å². The van der Waals surface area contributed by atoms with Gasteiger partial charge in [-0.05, 0) is 0 Å². The van der Waals surface area contributed by atoms with Gasteiger partial charge in [-0.1, -0.05) is 29.0 Å². The van der Waals surface area contributed by atoms with Crippen LogP contribution in [0.3, 0.4) is 0 Å². The third kappa shape index (κ3) is 3.02. The Kier molecular flexibility index (Phi) is 4.88. The highest BCUT2D eigenvalue weighted by molar-refractivity contribution is 7.91. The second-order valence-corrected chi connectivity index (χ2v) is 6.59. The summed E-state index contributed by atoms with van der Waals surface area (Å²) in [5, 5.41) is 8.80. The number of hydrogen-bond acceptors (Lipinski definition) is 5. The van der Waals surface area contributed by atoms with Crippen LogP contribution in [0.2, 0.25) is 4.47 Å². The van der Waals surface area contributed by atoms with Crippen LogP contribution in [0.25, 0.3) is 0 Å². The van der Waals surface area contributed by atoms with E-state index in [2.05, 4.69) is 11.6 Å². The maximum Gasteiger partial charge on any atom is 0.254 e. The first kappa shape index (κ1) is 13.6. The Morgan fingerprint density at radius 2 is 2.38 bits per heavy atom. The van der Waals surface area contributed by atoms with Gasteiger partial charge in [-0.2, -0.15) is 4.31 Å². The standard InChI is InChI=1S/C8H11ClN2O3S2/c1-2-3-11(4-5-12)16(13,14)7-6-10-8(9)15-7/h2,6,12H,1,3-5H2. The summed E-state index contributed by atoms with van der Waals surface area (Å²) in [6, 6.07) is 0. The zero-order valence-corrected chi connectivity index (χ0v) is 10.7. The lowest BCUT2D eigenvalue weighted by molar-refractivity contribution is 0.260. The molecule has 0 bridgehead atoms. The van der Waals surface area contributed by atoms with E-state index in [0.29, 0.717) is 0 Å². The van der Waals surface area contributed by atoms with Crippen LogP contribution in [0.1, 0.15) is 0 Å². The van der Waals surface area contributed by atoms with Crippen LogP contribution in [0, 0.1) is 0 Å². The van der Waals surface area contributed by atoms with Crippen LogP contribution < -0.4 is 0 Å². The molecule has 90 valence electrons. The van der Waals surface area contributed by atoms with E-state index in [-0.39, 0.29) is 28.4 Å². The predicted molar refractivity (Wildman–Crippen MR) is 63.2 cm³/mol. The molecule has 5 nitrogen and oxygen atoms in total. The molecule has 0 aromatic carbocycles. The van der Waals surface area contributed by atoms with E-state index < -0.39 is 10.0 Å². The van der Waals surface area contributed by atoms with Crippen LogP contribution in [0.5, 0.6) is 0 Å². The quantitative estimate of drug-likeness (QED) is 0.789. The molecular formula is C8H11ClN2O3S2. The SMILES string of the molecule is C=CCN(CCO)S(=O)(=O)c1cnc(Cl)s1. The number of nitrogens with zero attached hydrogens (tertiary/aromatic N) is 2. The number of aliphatic hydroxyl groups excluding tert-OH is 1. The van der Waals surface area contributed by atoms with E-state index in [9.17, 15) is 8.42 Å². The van der Waals surface area contributed by atoms with Gasteiger partial charge in [-0.15, -0.1) is 6.58 Å². The summed E-state index contributed by atoms with van der Waals surface area (Å²) in [6.45, 7) is 3.37. The van der Waals surface area contributed by atoms with Crippen molar-refractivity contribution >= 4 is 33.0 Å². The third-order valence-electron chi connectivity index (χ3n) is 1.73. The van der Waals surface area contributed by atoms with Crippen LogP contribution in [0.4, 0.5) is 0 Å². The van der Waals surface area contributed by atoms with Crippen molar-refractivity contribution in [1.82, 2.24) is 9.29 Å². The number of halogens is 1. The fourth-order valence-corrected chi connectivity index (χ4v) is 3.90. The molecule has 0 aliphatic rings. The summed E-state index contributed by atoms with van der Waals surface area (Å²) in [4.78, 5) is 3.68. The molecule has 16 heavy (non-hydrogen) atoms. The highest BCUT2D eigenvalue weighted by Gasteiger charge is 2.25. The van der Waals surface area contributed by atoms with E-state index in [1.165, 1.54) is 12.3 Å². The topological polar surface area (TPSA) is 70.5 Å². The van der Waals surface area contributed by atoms with E-state index in [1.807, 2.05) is 0 Å². The fraction of sp³-hybridized carbons (Fsp3) is 0.375. The summed E-state index contributed by atoms with van der Waals surface area (Å²) in [7, 11) is -3.63. The van der Waals surface area contributed by atoms with Crippen molar-refractivity contribution in [2.45, 2.75) is 4.21 Å². The van der Waals surface area contributed by atoms with Crippen molar-refractivity contribution in [3.05, 3.63) is 23.3 Å². The number of rotatable bonds is 6. The number of sulfonamides is 1. The molecule has 0 atom stereocenters. The molecule has 1 N–H and O–H groups in total. The van der Waals surface area contributed by atoms with Gasteiger partial charge in [0, 0.05) is 13.1 Å². The average Bonchev–Trinajstić information content (AvgIpc) is 2.65. The average molecular weight is 283 g/mol. The van der Waals surface area contributed by atoms with Gasteiger partial charge in [0.05, 0.1) is 12.8 Å². The molecule has 0 saturated carbocycles. The van der Waals surface area contributed by atoms with Crippen molar-refractivity contribution in [1.29, 1.82) is 0 Å². The highest BCUT2D eigenvalue weighted by Crippen LogP contribution is 2.25. The van der Waals surface area contributed by atoms with Gasteiger partial charge in [0.15, 0.2) is 8.68 Å². The number of aliphatic hydroxyl groups is 1. The van der Waals surface area contributed by atoms with Gasteiger partial charge in [0.2, 0.25) is 0 Å². The normalized spacial score (nSPS) is 11.9. The second kappa shape index (κ2) is 5.74. The van der Waals surface area contributed by atoms with Crippen molar-refractivity contribution in [2.24, 2.45) is 0 Å². The first-order valence-electron chi connectivity index (χ1n) is 4.35. The highest BCUT2D eigenvalue weighted by atomic mass is 35.5. The van der Waals surface area contributed by atoms with Gasteiger partial charge in [-0.25, -0.2) is 13.4 Å². The Bertz CT molecular complexity index is 458. The molecule has 0 spiro atoms. The number of thiazole rings is 1. The molecular weight excluding hydrogens is 272 g/mol. The molecule has 1 rings (SSSR count). The van der Waals surface area contributed by atoms with Gasteiger partial charge in [0.1, 0.15) is 0 Å². The maximum absolute atomic E-state index is 12.0. The number of aromatic nitrogens is 1. The minimum atomic E-state index is -3.63. The van der Waals surface area contributed by atoms with E-state index >= 15 is 0 Å².